The minimum atomic E-state index is -0.930. The number of benzene rings is 2. The van der Waals surface area contributed by atoms with Crippen LogP contribution in [0.4, 0.5) is 5.69 Å². The van der Waals surface area contributed by atoms with E-state index in [1.165, 1.54) is 0 Å². The third-order valence-corrected chi connectivity index (χ3v) is 3.28. The Morgan fingerprint density at radius 3 is 2.68 bits per heavy atom. The summed E-state index contributed by atoms with van der Waals surface area (Å²) in [4.78, 5) is 10.9. The summed E-state index contributed by atoms with van der Waals surface area (Å²) in [7, 11) is 0. The minimum absolute atomic E-state index is 0.271. The van der Waals surface area contributed by atoms with Crippen molar-refractivity contribution >= 4 is 23.3 Å². The van der Waals surface area contributed by atoms with Gasteiger partial charge in [0.2, 0.25) is 0 Å². The number of carbonyl (C=O) groups is 1. The van der Waals surface area contributed by atoms with Crippen molar-refractivity contribution in [3.63, 3.8) is 0 Å². The molecular formula is C15H14ClNO2. The Balaban J connectivity index is 2.17. The molecule has 0 saturated carbocycles. The van der Waals surface area contributed by atoms with E-state index >= 15 is 0 Å². The number of anilines is 1. The first-order chi connectivity index (χ1) is 9.08. The van der Waals surface area contributed by atoms with E-state index in [-0.39, 0.29) is 5.56 Å². The molecule has 0 saturated heterocycles. The molecule has 0 unspecified atom stereocenters. The van der Waals surface area contributed by atoms with Crippen LogP contribution < -0.4 is 5.32 Å². The fourth-order valence-electron chi connectivity index (χ4n) is 1.78. The molecule has 4 heteroatoms. The molecule has 0 spiro atoms. The van der Waals surface area contributed by atoms with Crippen LogP contribution in [0.15, 0.2) is 42.5 Å². The van der Waals surface area contributed by atoms with Crippen molar-refractivity contribution in [2.24, 2.45) is 0 Å². The standard InChI is InChI=1S/C15H14ClNO2/c1-10-6-7-11(15(18)19)8-14(10)17-9-12-4-2-3-5-13(12)16/h2-8,17H,9H2,1H3,(H,18,19). The maximum Gasteiger partial charge on any atom is 0.335 e. The van der Waals surface area contributed by atoms with Crippen molar-refractivity contribution in [2.45, 2.75) is 13.5 Å². The molecule has 0 fully saturated rings. The van der Waals surface area contributed by atoms with Gasteiger partial charge in [0.15, 0.2) is 0 Å². The molecule has 0 amide bonds. The second-order valence-corrected chi connectivity index (χ2v) is 4.69. The number of halogens is 1. The molecule has 2 rings (SSSR count). The van der Waals surface area contributed by atoms with Gasteiger partial charge in [-0.2, -0.15) is 0 Å². The summed E-state index contributed by atoms with van der Waals surface area (Å²) in [6, 6.07) is 12.6. The molecule has 0 atom stereocenters. The molecule has 2 aromatic carbocycles. The van der Waals surface area contributed by atoms with Gasteiger partial charge in [0.1, 0.15) is 0 Å². The van der Waals surface area contributed by atoms with Gasteiger partial charge < -0.3 is 10.4 Å². The normalized spacial score (nSPS) is 10.2. The number of aromatic carboxylic acids is 1. The average Bonchev–Trinajstić information content (AvgIpc) is 2.39. The van der Waals surface area contributed by atoms with Crippen LogP contribution in [-0.4, -0.2) is 11.1 Å². The Bertz CT molecular complexity index is 611. The van der Waals surface area contributed by atoms with Crippen LogP contribution in [0, 0.1) is 6.92 Å². The summed E-state index contributed by atoms with van der Waals surface area (Å²) in [5.41, 5.74) is 3.05. The second-order valence-electron chi connectivity index (χ2n) is 4.28. The predicted octanol–water partition coefficient (Wildman–Crippen LogP) is 3.96. The highest BCUT2D eigenvalue weighted by molar-refractivity contribution is 6.31. The van der Waals surface area contributed by atoms with Crippen molar-refractivity contribution < 1.29 is 9.90 Å². The van der Waals surface area contributed by atoms with Crippen LogP contribution in [0.1, 0.15) is 21.5 Å². The molecule has 0 radical (unpaired) electrons. The Morgan fingerprint density at radius 2 is 2.00 bits per heavy atom. The van der Waals surface area contributed by atoms with Crippen molar-refractivity contribution in [1.82, 2.24) is 0 Å². The largest absolute Gasteiger partial charge is 0.478 e. The molecule has 0 heterocycles. The molecule has 19 heavy (non-hydrogen) atoms. The number of aryl methyl sites for hydroxylation is 1. The molecule has 0 aliphatic carbocycles. The van der Waals surface area contributed by atoms with E-state index in [9.17, 15) is 4.79 Å². The lowest BCUT2D eigenvalue weighted by Crippen LogP contribution is -2.04. The van der Waals surface area contributed by atoms with Crippen molar-refractivity contribution in [2.75, 3.05) is 5.32 Å². The maximum atomic E-state index is 10.9. The summed E-state index contributed by atoms with van der Waals surface area (Å²) >= 11 is 6.08. The first-order valence-electron chi connectivity index (χ1n) is 5.89. The lowest BCUT2D eigenvalue weighted by molar-refractivity contribution is 0.0697. The van der Waals surface area contributed by atoms with Gasteiger partial charge in [-0.1, -0.05) is 35.9 Å². The van der Waals surface area contributed by atoms with E-state index in [1.54, 1.807) is 18.2 Å². The molecule has 0 aliphatic heterocycles. The second kappa shape index (κ2) is 5.76. The first-order valence-corrected chi connectivity index (χ1v) is 6.27. The quantitative estimate of drug-likeness (QED) is 0.888. The van der Waals surface area contributed by atoms with Gasteiger partial charge in [-0.15, -0.1) is 0 Å². The molecule has 0 bridgehead atoms. The zero-order valence-corrected chi connectivity index (χ0v) is 11.2. The third-order valence-electron chi connectivity index (χ3n) is 2.91. The first kappa shape index (κ1) is 13.4. The Labute approximate surface area is 116 Å². The number of carboxylic acids is 1. The third kappa shape index (κ3) is 3.26. The van der Waals surface area contributed by atoms with E-state index in [1.807, 2.05) is 31.2 Å². The Morgan fingerprint density at radius 1 is 1.26 bits per heavy atom. The van der Waals surface area contributed by atoms with Crippen molar-refractivity contribution in [1.29, 1.82) is 0 Å². The van der Waals surface area contributed by atoms with Crippen LogP contribution in [0.5, 0.6) is 0 Å². The molecule has 3 nitrogen and oxygen atoms in total. The average molecular weight is 276 g/mol. The summed E-state index contributed by atoms with van der Waals surface area (Å²) < 4.78 is 0. The molecule has 0 aromatic heterocycles. The topological polar surface area (TPSA) is 49.3 Å². The van der Waals surface area contributed by atoms with Crippen molar-refractivity contribution in [3.8, 4) is 0 Å². The highest BCUT2D eigenvalue weighted by atomic mass is 35.5. The van der Waals surface area contributed by atoms with Gasteiger partial charge >= 0.3 is 5.97 Å². The lowest BCUT2D eigenvalue weighted by Gasteiger charge is -2.11. The SMILES string of the molecule is Cc1ccc(C(=O)O)cc1NCc1ccccc1Cl. The monoisotopic (exact) mass is 275 g/mol. The van der Waals surface area contributed by atoms with Gasteiger partial charge in [-0.25, -0.2) is 4.79 Å². The zero-order chi connectivity index (χ0) is 13.8. The van der Waals surface area contributed by atoms with Crippen LogP contribution in [0.3, 0.4) is 0 Å². The number of rotatable bonds is 4. The van der Waals surface area contributed by atoms with Crippen LogP contribution in [-0.2, 0) is 6.54 Å². The number of carboxylic acid groups (broad SMARTS) is 1. The van der Waals surface area contributed by atoms with Gasteiger partial charge in [0.25, 0.3) is 0 Å². The van der Waals surface area contributed by atoms with Crippen molar-refractivity contribution in [3.05, 3.63) is 64.2 Å². The number of hydrogen-bond donors (Lipinski definition) is 2. The van der Waals surface area contributed by atoms with Gasteiger partial charge in [-0.3, -0.25) is 0 Å². The maximum absolute atomic E-state index is 10.9. The lowest BCUT2D eigenvalue weighted by atomic mass is 10.1. The fraction of sp³-hybridized carbons (Fsp3) is 0.133. The number of hydrogen-bond acceptors (Lipinski definition) is 2. The van der Waals surface area contributed by atoms with E-state index in [0.29, 0.717) is 11.6 Å². The van der Waals surface area contributed by atoms with E-state index < -0.39 is 5.97 Å². The van der Waals surface area contributed by atoms with E-state index in [4.69, 9.17) is 16.7 Å². The summed E-state index contributed by atoms with van der Waals surface area (Å²) in [5.74, 6) is -0.930. The van der Waals surface area contributed by atoms with Crippen LogP contribution in [0.25, 0.3) is 0 Å². The Kier molecular flexibility index (Phi) is 4.07. The molecule has 0 aliphatic rings. The van der Waals surface area contributed by atoms with Crippen LogP contribution in [0.2, 0.25) is 5.02 Å². The molecule has 2 N–H and O–H groups in total. The summed E-state index contributed by atoms with van der Waals surface area (Å²) in [6.45, 7) is 2.49. The molecule has 2 aromatic rings. The van der Waals surface area contributed by atoms with Gasteiger partial charge in [0, 0.05) is 17.3 Å². The smallest absolute Gasteiger partial charge is 0.335 e. The predicted molar refractivity (Wildman–Crippen MR) is 76.9 cm³/mol. The summed E-state index contributed by atoms with van der Waals surface area (Å²) in [6.07, 6.45) is 0. The van der Waals surface area contributed by atoms with Gasteiger partial charge in [0.05, 0.1) is 5.56 Å². The van der Waals surface area contributed by atoms with E-state index in [2.05, 4.69) is 5.32 Å². The molecular weight excluding hydrogens is 262 g/mol. The van der Waals surface area contributed by atoms with Gasteiger partial charge in [-0.05, 0) is 36.2 Å². The van der Waals surface area contributed by atoms with Crippen LogP contribution >= 0.6 is 11.6 Å². The highest BCUT2D eigenvalue weighted by Crippen LogP contribution is 2.20. The highest BCUT2D eigenvalue weighted by Gasteiger charge is 2.06. The van der Waals surface area contributed by atoms with E-state index in [0.717, 1.165) is 16.8 Å². The molecule has 98 valence electrons. The minimum Gasteiger partial charge on any atom is -0.478 e. The number of nitrogens with one attached hydrogen (secondary N) is 1. The summed E-state index contributed by atoms with van der Waals surface area (Å²) in [5, 5.41) is 12.9. The Hall–Kier alpha value is -2.00. The fourth-order valence-corrected chi connectivity index (χ4v) is 1.98. The zero-order valence-electron chi connectivity index (χ0n) is 10.5.